The van der Waals surface area contributed by atoms with E-state index in [-0.39, 0.29) is 17.9 Å². The van der Waals surface area contributed by atoms with Crippen molar-refractivity contribution in [3.05, 3.63) is 88.4 Å². The van der Waals surface area contributed by atoms with Crippen LogP contribution >= 0.6 is 0 Å². The number of anilines is 1. The third-order valence-electron chi connectivity index (χ3n) is 6.05. The lowest BCUT2D eigenvalue weighted by molar-refractivity contribution is -0.140. The molecule has 0 bridgehead atoms. The summed E-state index contributed by atoms with van der Waals surface area (Å²) >= 11 is 0. The van der Waals surface area contributed by atoms with E-state index in [1.165, 1.54) is 18.3 Å². The summed E-state index contributed by atoms with van der Waals surface area (Å²) in [4.78, 5) is 29.9. The fraction of sp³-hybridized carbons (Fsp3) is 0.259. The van der Waals surface area contributed by atoms with Crippen LogP contribution in [0.15, 0.2) is 64.8 Å². The number of aliphatic hydroxyl groups is 1. The third-order valence-corrected chi connectivity index (χ3v) is 6.05. The second-order valence-electron chi connectivity index (χ2n) is 8.65. The number of rotatable bonds is 6. The highest BCUT2D eigenvalue weighted by molar-refractivity contribution is 6.46. The Hall–Kier alpha value is -4.00. The maximum Gasteiger partial charge on any atom is 0.296 e. The predicted molar refractivity (Wildman–Crippen MR) is 130 cm³/mol. The van der Waals surface area contributed by atoms with Crippen molar-refractivity contribution in [2.24, 2.45) is 0 Å². The molecule has 7 heteroatoms. The largest absolute Gasteiger partial charge is 0.507 e. The van der Waals surface area contributed by atoms with Crippen LogP contribution in [0.4, 0.5) is 5.69 Å². The monoisotopic (exact) mass is 460 g/mol. The lowest BCUT2D eigenvalue weighted by Crippen LogP contribution is -2.29. The van der Waals surface area contributed by atoms with Crippen molar-refractivity contribution in [2.75, 3.05) is 26.1 Å². The van der Waals surface area contributed by atoms with Crippen molar-refractivity contribution in [3.8, 4) is 5.75 Å². The molecule has 2 heterocycles. The lowest BCUT2D eigenvalue weighted by Gasteiger charge is -2.25. The molecule has 1 fully saturated rings. The quantitative estimate of drug-likeness (QED) is 0.329. The molecule has 4 rings (SSSR count). The third kappa shape index (κ3) is 4.05. The minimum atomic E-state index is -0.785. The van der Waals surface area contributed by atoms with Gasteiger partial charge in [0.15, 0.2) is 0 Å². The number of methoxy groups -OCH3 is 1. The number of ether oxygens (including phenoxy) is 1. The van der Waals surface area contributed by atoms with E-state index < -0.39 is 17.7 Å². The molecule has 3 aromatic rings. The van der Waals surface area contributed by atoms with E-state index in [1.807, 2.05) is 63.2 Å². The van der Waals surface area contributed by atoms with Gasteiger partial charge < -0.3 is 24.1 Å². The smallest absolute Gasteiger partial charge is 0.296 e. The van der Waals surface area contributed by atoms with Gasteiger partial charge in [-0.25, -0.2) is 0 Å². The van der Waals surface area contributed by atoms with Gasteiger partial charge >= 0.3 is 0 Å². The molecule has 1 N–H and O–H groups in total. The Balaban J connectivity index is 1.92. The zero-order valence-corrected chi connectivity index (χ0v) is 20.0. The van der Waals surface area contributed by atoms with Gasteiger partial charge in [0.25, 0.3) is 11.7 Å². The molecule has 1 aromatic heterocycles. The number of carbonyl (C=O) groups is 2. The van der Waals surface area contributed by atoms with Gasteiger partial charge in [-0.1, -0.05) is 18.2 Å². The highest BCUT2D eigenvalue weighted by atomic mass is 16.5. The number of ketones is 1. The van der Waals surface area contributed by atoms with E-state index in [2.05, 4.69) is 0 Å². The highest BCUT2D eigenvalue weighted by Crippen LogP contribution is 2.42. The molecule has 0 aliphatic carbocycles. The number of amides is 1. The molecule has 1 amide bonds. The molecular weight excluding hydrogens is 432 g/mol. The van der Waals surface area contributed by atoms with Crippen molar-refractivity contribution >= 4 is 23.1 Å². The van der Waals surface area contributed by atoms with Crippen LogP contribution in [0, 0.1) is 13.8 Å². The van der Waals surface area contributed by atoms with Gasteiger partial charge in [-0.05, 0) is 60.9 Å². The molecule has 176 valence electrons. The molecule has 1 atom stereocenters. The lowest BCUT2D eigenvalue weighted by atomic mass is 9.93. The van der Waals surface area contributed by atoms with Crippen molar-refractivity contribution in [1.29, 1.82) is 0 Å². The molecule has 1 unspecified atom stereocenters. The Bertz CT molecular complexity index is 1260. The van der Waals surface area contributed by atoms with Crippen LogP contribution in [-0.4, -0.2) is 42.9 Å². The maximum atomic E-state index is 13.3. The molecule has 0 radical (unpaired) electrons. The second kappa shape index (κ2) is 9.09. The van der Waals surface area contributed by atoms with Crippen LogP contribution in [0.25, 0.3) is 5.76 Å². The van der Waals surface area contributed by atoms with E-state index in [9.17, 15) is 14.7 Å². The molecule has 0 saturated carbocycles. The van der Waals surface area contributed by atoms with E-state index in [0.717, 1.165) is 16.8 Å². The number of aliphatic hydroxyl groups excluding tert-OH is 1. The van der Waals surface area contributed by atoms with Gasteiger partial charge in [-0.15, -0.1) is 0 Å². The first-order valence-electron chi connectivity index (χ1n) is 11.0. The summed E-state index contributed by atoms with van der Waals surface area (Å²) in [5, 5.41) is 11.5. The molecule has 1 aliphatic rings. The number of nitrogens with zero attached hydrogens (tertiary/aromatic N) is 2. The minimum absolute atomic E-state index is 0.0254. The van der Waals surface area contributed by atoms with Crippen LogP contribution < -0.4 is 9.64 Å². The number of benzene rings is 2. The van der Waals surface area contributed by atoms with Crippen LogP contribution in [0.5, 0.6) is 5.75 Å². The number of aryl methyl sites for hydroxylation is 2. The average molecular weight is 461 g/mol. The summed E-state index contributed by atoms with van der Waals surface area (Å²) in [6.45, 7) is 3.87. The van der Waals surface area contributed by atoms with Gasteiger partial charge in [-0.3, -0.25) is 9.59 Å². The number of furan rings is 1. The van der Waals surface area contributed by atoms with Gasteiger partial charge in [0.1, 0.15) is 17.3 Å². The Morgan fingerprint density at radius 3 is 2.41 bits per heavy atom. The van der Waals surface area contributed by atoms with Crippen LogP contribution in [-0.2, 0) is 16.1 Å². The summed E-state index contributed by atoms with van der Waals surface area (Å²) in [6.07, 6.45) is 1.52. The zero-order chi connectivity index (χ0) is 24.6. The highest BCUT2D eigenvalue weighted by Gasteiger charge is 2.46. The predicted octanol–water partition coefficient (Wildman–Crippen LogP) is 4.59. The average Bonchev–Trinajstić information content (AvgIpc) is 3.40. The van der Waals surface area contributed by atoms with E-state index >= 15 is 0 Å². The summed E-state index contributed by atoms with van der Waals surface area (Å²) in [7, 11) is 5.39. The Morgan fingerprint density at radius 2 is 1.82 bits per heavy atom. The first-order chi connectivity index (χ1) is 16.2. The normalized spacial score (nSPS) is 17.3. The molecular formula is C27H28N2O5. The first kappa shape index (κ1) is 23.2. The van der Waals surface area contributed by atoms with Gasteiger partial charge in [0.2, 0.25) is 0 Å². The fourth-order valence-corrected chi connectivity index (χ4v) is 4.46. The molecule has 1 aliphatic heterocycles. The van der Waals surface area contributed by atoms with Crippen molar-refractivity contribution in [1.82, 2.24) is 4.90 Å². The SMILES string of the molecule is COc1c(C)cc(C)cc1/C(O)=C1\C(=O)C(=O)N(Cc2ccco2)C1c1ccc(N(C)C)cc1. The molecule has 2 aromatic carbocycles. The number of hydrogen-bond donors (Lipinski definition) is 1. The zero-order valence-electron chi connectivity index (χ0n) is 20.0. The van der Waals surface area contributed by atoms with Gasteiger partial charge in [0, 0.05) is 19.8 Å². The maximum absolute atomic E-state index is 13.3. The molecule has 1 saturated heterocycles. The fourth-order valence-electron chi connectivity index (χ4n) is 4.46. The number of likely N-dealkylation sites (tertiary alicyclic amines) is 1. The van der Waals surface area contributed by atoms with Crippen molar-refractivity contribution in [3.63, 3.8) is 0 Å². The summed E-state index contributed by atoms with van der Waals surface area (Å²) in [5.74, 6) is -0.691. The number of carbonyl (C=O) groups excluding carboxylic acids is 2. The topological polar surface area (TPSA) is 83.2 Å². The standard InChI is InChI=1S/C27H28N2O5/c1-16-13-17(2)26(33-5)21(14-16)24(30)22-23(18-8-10-19(11-9-18)28(3)4)29(27(32)25(22)31)15-20-7-6-12-34-20/h6-14,23,30H,15H2,1-5H3/b24-22+. The van der Waals surface area contributed by atoms with Gasteiger partial charge in [0.05, 0.1) is 37.1 Å². The molecule has 34 heavy (non-hydrogen) atoms. The summed E-state index contributed by atoms with van der Waals surface area (Å²) in [6, 6.07) is 14.0. The van der Waals surface area contributed by atoms with E-state index in [1.54, 1.807) is 18.2 Å². The van der Waals surface area contributed by atoms with E-state index in [0.29, 0.717) is 22.6 Å². The first-order valence-corrected chi connectivity index (χ1v) is 11.0. The molecule has 0 spiro atoms. The molecule has 7 nitrogen and oxygen atoms in total. The van der Waals surface area contributed by atoms with Crippen LogP contribution in [0.1, 0.15) is 34.1 Å². The van der Waals surface area contributed by atoms with Crippen molar-refractivity contribution < 1.29 is 23.8 Å². The van der Waals surface area contributed by atoms with Gasteiger partial charge in [-0.2, -0.15) is 0 Å². The Morgan fingerprint density at radius 1 is 1.12 bits per heavy atom. The number of Topliss-reactive ketones (excluding diaryl/α,β-unsaturated/α-hetero) is 1. The minimum Gasteiger partial charge on any atom is -0.507 e. The van der Waals surface area contributed by atoms with Crippen LogP contribution in [0.3, 0.4) is 0 Å². The van der Waals surface area contributed by atoms with Crippen LogP contribution in [0.2, 0.25) is 0 Å². The second-order valence-corrected chi connectivity index (χ2v) is 8.65. The van der Waals surface area contributed by atoms with Crippen molar-refractivity contribution in [2.45, 2.75) is 26.4 Å². The number of hydrogen-bond acceptors (Lipinski definition) is 6. The Labute approximate surface area is 198 Å². The van der Waals surface area contributed by atoms with E-state index in [4.69, 9.17) is 9.15 Å². The summed E-state index contributed by atoms with van der Waals surface area (Å²) < 4.78 is 11.0. The summed E-state index contributed by atoms with van der Waals surface area (Å²) in [5.41, 5.74) is 3.81. The Kier molecular flexibility index (Phi) is 6.20.